The summed E-state index contributed by atoms with van der Waals surface area (Å²) in [5.41, 5.74) is 0.725. The predicted octanol–water partition coefficient (Wildman–Crippen LogP) is 2.64. The second-order valence-corrected chi connectivity index (χ2v) is 7.70. The highest BCUT2D eigenvalue weighted by Crippen LogP contribution is 2.17. The van der Waals surface area contributed by atoms with Crippen LogP contribution < -0.4 is 10.0 Å². The Morgan fingerprint density at radius 1 is 1.07 bits per heavy atom. The number of amides is 1. The van der Waals surface area contributed by atoms with Gasteiger partial charge in [-0.25, -0.2) is 12.8 Å². The molecule has 0 saturated carbocycles. The SMILES string of the molecule is O=C(NCCCn1cccn1)c1ccc(NS(=O)(=O)c2ccc(F)cc2)cc1. The third-order valence-electron chi connectivity index (χ3n) is 3.93. The van der Waals surface area contributed by atoms with E-state index < -0.39 is 15.8 Å². The number of nitrogens with one attached hydrogen (secondary N) is 2. The number of hydrogen-bond acceptors (Lipinski definition) is 4. The largest absolute Gasteiger partial charge is 0.352 e. The Morgan fingerprint density at radius 3 is 2.43 bits per heavy atom. The molecule has 0 aliphatic rings. The number of halogens is 1. The maximum absolute atomic E-state index is 12.9. The molecule has 28 heavy (non-hydrogen) atoms. The number of benzene rings is 2. The Labute approximate surface area is 162 Å². The first-order valence-electron chi connectivity index (χ1n) is 8.58. The molecule has 146 valence electrons. The minimum absolute atomic E-state index is 0.0482. The van der Waals surface area contributed by atoms with Crippen LogP contribution in [0, 0.1) is 5.82 Å². The minimum Gasteiger partial charge on any atom is -0.352 e. The first kappa shape index (κ1) is 19.6. The number of aromatic nitrogens is 2. The van der Waals surface area contributed by atoms with Gasteiger partial charge in [0.05, 0.1) is 4.90 Å². The fourth-order valence-electron chi connectivity index (χ4n) is 2.50. The summed E-state index contributed by atoms with van der Waals surface area (Å²) in [5, 5.41) is 6.89. The third kappa shape index (κ3) is 5.17. The quantitative estimate of drug-likeness (QED) is 0.567. The molecule has 0 atom stereocenters. The average Bonchev–Trinajstić information content (AvgIpc) is 3.19. The van der Waals surface area contributed by atoms with Gasteiger partial charge in [0, 0.05) is 36.7 Å². The molecule has 0 spiro atoms. The molecule has 9 heteroatoms. The molecule has 0 bridgehead atoms. The van der Waals surface area contributed by atoms with Gasteiger partial charge in [0.15, 0.2) is 0 Å². The van der Waals surface area contributed by atoms with Crippen LogP contribution in [0.3, 0.4) is 0 Å². The minimum atomic E-state index is -3.83. The molecule has 0 saturated heterocycles. The number of rotatable bonds is 8. The molecular weight excluding hydrogens is 383 g/mol. The maximum atomic E-state index is 12.9. The van der Waals surface area contributed by atoms with Gasteiger partial charge in [-0.15, -0.1) is 0 Å². The van der Waals surface area contributed by atoms with Crippen molar-refractivity contribution in [1.29, 1.82) is 0 Å². The molecule has 0 aliphatic heterocycles. The van der Waals surface area contributed by atoms with Crippen molar-refractivity contribution in [1.82, 2.24) is 15.1 Å². The molecule has 1 heterocycles. The van der Waals surface area contributed by atoms with Crippen molar-refractivity contribution in [2.45, 2.75) is 17.9 Å². The van der Waals surface area contributed by atoms with Crippen molar-refractivity contribution in [3.05, 3.63) is 78.4 Å². The highest BCUT2D eigenvalue weighted by Gasteiger charge is 2.14. The van der Waals surface area contributed by atoms with Crippen molar-refractivity contribution in [2.75, 3.05) is 11.3 Å². The summed E-state index contributed by atoms with van der Waals surface area (Å²) in [4.78, 5) is 12.1. The van der Waals surface area contributed by atoms with E-state index in [1.165, 1.54) is 36.4 Å². The van der Waals surface area contributed by atoms with E-state index in [-0.39, 0.29) is 10.8 Å². The lowest BCUT2D eigenvalue weighted by Crippen LogP contribution is -2.25. The molecule has 0 fully saturated rings. The fourth-order valence-corrected chi connectivity index (χ4v) is 3.55. The van der Waals surface area contributed by atoms with Gasteiger partial charge in [0.25, 0.3) is 15.9 Å². The summed E-state index contributed by atoms with van der Waals surface area (Å²) in [6, 6.07) is 12.4. The molecule has 0 unspecified atom stereocenters. The molecule has 2 aromatic carbocycles. The topological polar surface area (TPSA) is 93.1 Å². The lowest BCUT2D eigenvalue weighted by Gasteiger charge is -2.09. The number of sulfonamides is 1. The number of aryl methyl sites for hydroxylation is 1. The first-order valence-corrected chi connectivity index (χ1v) is 10.1. The van der Waals surface area contributed by atoms with Crippen molar-refractivity contribution in [2.24, 2.45) is 0 Å². The van der Waals surface area contributed by atoms with Gasteiger partial charge in [0.1, 0.15) is 5.82 Å². The summed E-state index contributed by atoms with van der Waals surface area (Å²) in [6.45, 7) is 1.20. The molecule has 0 radical (unpaired) electrons. The summed E-state index contributed by atoms with van der Waals surface area (Å²) < 4.78 is 41.7. The number of anilines is 1. The molecule has 2 N–H and O–H groups in total. The standard InChI is InChI=1S/C19H19FN4O3S/c20-16-5-9-18(10-6-16)28(26,27)23-17-7-3-15(4-8-17)19(25)21-11-1-13-24-14-2-12-22-24/h2-10,12,14,23H,1,11,13H2,(H,21,25). The smallest absolute Gasteiger partial charge is 0.261 e. The van der Waals surface area contributed by atoms with E-state index in [0.717, 1.165) is 18.6 Å². The Morgan fingerprint density at radius 2 is 1.79 bits per heavy atom. The van der Waals surface area contributed by atoms with Crippen LogP contribution in [0.5, 0.6) is 0 Å². The van der Waals surface area contributed by atoms with Gasteiger partial charge in [0.2, 0.25) is 0 Å². The van der Waals surface area contributed by atoms with Crippen LogP contribution in [0.25, 0.3) is 0 Å². The molecule has 7 nitrogen and oxygen atoms in total. The molecule has 0 aliphatic carbocycles. The zero-order valence-electron chi connectivity index (χ0n) is 14.9. The van der Waals surface area contributed by atoms with Crippen LogP contribution >= 0.6 is 0 Å². The molecule has 3 rings (SSSR count). The second-order valence-electron chi connectivity index (χ2n) is 6.02. The molecule has 1 aromatic heterocycles. The van der Waals surface area contributed by atoms with E-state index in [1.807, 2.05) is 12.3 Å². The summed E-state index contributed by atoms with van der Waals surface area (Å²) in [7, 11) is -3.83. The second kappa shape index (κ2) is 8.66. The van der Waals surface area contributed by atoms with Crippen LogP contribution in [0.2, 0.25) is 0 Å². The van der Waals surface area contributed by atoms with E-state index in [0.29, 0.717) is 24.3 Å². The third-order valence-corrected chi connectivity index (χ3v) is 5.33. The van der Waals surface area contributed by atoms with Crippen molar-refractivity contribution < 1.29 is 17.6 Å². The predicted molar refractivity (Wildman–Crippen MR) is 103 cm³/mol. The van der Waals surface area contributed by atoms with Crippen molar-refractivity contribution in [3.8, 4) is 0 Å². The summed E-state index contributed by atoms with van der Waals surface area (Å²) in [6.07, 6.45) is 4.29. The summed E-state index contributed by atoms with van der Waals surface area (Å²) in [5.74, 6) is -0.757. The number of hydrogen-bond donors (Lipinski definition) is 2. The van der Waals surface area contributed by atoms with E-state index in [1.54, 1.807) is 10.9 Å². The van der Waals surface area contributed by atoms with Crippen LogP contribution in [-0.2, 0) is 16.6 Å². The van der Waals surface area contributed by atoms with Crippen LogP contribution in [-0.4, -0.2) is 30.7 Å². The Hall–Kier alpha value is -3.20. The monoisotopic (exact) mass is 402 g/mol. The van der Waals surface area contributed by atoms with Crippen molar-refractivity contribution in [3.63, 3.8) is 0 Å². The zero-order chi connectivity index (χ0) is 20.0. The Bertz CT molecular complexity index is 1020. The number of carbonyl (C=O) groups excluding carboxylic acids is 1. The van der Waals surface area contributed by atoms with Gasteiger partial charge in [-0.05, 0) is 61.0 Å². The zero-order valence-corrected chi connectivity index (χ0v) is 15.7. The van der Waals surface area contributed by atoms with Crippen molar-refractivity contribution >= 4 is 21.6 Å². The first-order chi connectivity index (χ1) is 13.4. The van der Waals surface area contributed by atoms with E-state index in [9.17, 15) is 17.6 Å². The molecular formula is C19H19FN4O3S. The Balaban J connectivity index is 1.53. The fraction of sp³-hybridized carbons (Fsp3) is 0.158. The maximum Gasteiger partial charge on any atom is 0.261 e. The van der Waals surface area contributed by atoms with Gasteiger partial charge >= 0.3 is 0 Å². The molecule has 1 amide bonds. The average molecular weight is 402 g/mol. The lowest BCUT2D eigenvalue weighted by molar-refractivity contribution is 0.0952. The highest BCUT2D eigenvalue weighted by molar-refractivity contribution is 7.92. The van der Waals surface area contributed by atoms with E-state index >= 15 is 0 Å². The molecule has 3 aromatic rings. The number of carbonyl (C=O) groups is 1. The van der Waals surface area contributed by atoms with Gasteiger partial charge in [-0.1, -0.05) is 0 Å². The van der Waals surface area contributed by atoms with Crippen LogP contribution in [0.15, 0.2) is 71.9 Å². The van der Waals surface area contributed by atoms with Gasteiger partial charge < -0.3 is 5.32 Å². The van der Waals surface area contributed by atoms with E-state index in [4.69, 9.17) is 0 Å². The van der Waals surface area contributed by atoms with Gasteiger partial charge in [-0.3, -0.25) is 14.2 Å². The highest BCUT2D eigenvalue weighted by atomic mass is 32.2. The lowest BCUT2D eigenvalue weighted by atomic mass is 10.2. The van der Waals surface area contributed by atoms with Crippen LogP contribution in [0.1, 0.15) is 16.8 Å². The number of nitrogens with zero attached hydrogens (tertiary/aromatic N) is 2. The Kier molecular flexibility index (Phi) is 6.05. The van der Waals surface area contributed by atoms with Gasteiger partial charge in [-0.2, -0.15) is 5.10 Å². The summed E-state index contributed by atoms with van der Waals surface area (Å²) >= 11 is 0. The normalized spacial score (nSPS) is 11.2. The van der Waals surface area contributed by atoms with E-state index in [2.05, 4.69) is 15.1 Å². The van der Waals surface area contributed by atoms with Crippen LogP contribution in [0.4, 0.5) is 10.1 Å².